The summed E-state index contributed by atoms with van der Waals surface area (Å²) in [5, 5.41) is 9.99. The highest BCUT2D eigenvalue weighted by molar-refractivity contribution is 5.94. The van der Waals surface area contributed by atoms with Crippen LogP contribution < -0.4 is 10.6 Å². The van der Waals surface area contributed by atoms with Gasteiger partial charge in [0.15, 0.2) is 0 Å². The first kappa shape index (κ1) is 17.3. The number of aromatic nitrogens is 1. The first-order chi connectivity index (χ1) is 11.2. The van der Waals surface area contributed by atoms with Gasteiger partial charge in [0.2, 0.25) is 0 Å². The Morgan fingerprint density at radius 1 is 1.39 bits per heavy atom. The topological polar surface area (TPSA) is 91.6 Å². The molecule has 1 unspecified atom stereocenters. The number of rotatable bonds is 4. The third-order valence-electron chi connectivity index (χ3n) is 3.89. The predicted octanol–water partition coefficient (Wildman–Crippen LogP) is 1.99. The van der Waals surface area contributed by atoms with E-state index in [4.69, 9.17) is 15.6 Å². The molecule has 23 heavy (non-hydrogen) atoms. The number of nitrogens with zero attached hydrogens (tertiary/aromatic N) is 1. The molecule has 1 aliphatic rings. The van der Waals surface area contributed by atoms with Crippen molar-refractivity contribution in [2.24, 2.45) is 5.73 Å². The van der Waals surface area contributed by atoms with Gasteiger partial charge in [-0.05, 0) is 11.6 Å². The van der Waals surface area contributed by atoms with Crippen LogP contribution in [0, 0.1) is 0 Å². The Balaban J connectivity index is 0.000000924. The maximum atomic E-state index is 10.9. The van der Waals surface area contributed by atoms with Crippen LogP contribution >= 0.6 is 0 Å². The van der Waals surface area contributed by atoms with Gasteiger partial charge in [0.25, 0.3) is 0 Å². The van der Waals surface area contributed by atoms with E-state index >= 15 is 0 Å². The monoisotopic (exact) mass is 319 g/mol. The lowest BCUT2D eigenvalue weighted by molar-refractivity contribution is -0.138. The van der Waals surface area contributed by atoms with Crippen LogP contribution in [0.15, 0.2) is 24.4 Å². The molecule has 0 aliphatic carbocycles. The minimum Gasteiger partial charge on any atom is -0.480 e. The number of carboxylic acids is 1. The molecular formula is C17H25N3O3. The van der Waals surface area contributed by atoms with E-state index in [1.807, 2.05) is 32.2 Å². The largest absolute Gasteiger partial charge is 0.480 e. The van der Waals surface area contributed by atoms with Gasteiger partial charge < -0.3 is 25.5 Å². The van der Waals surface area contributed by atoms with Gasteiger partial charge in [-0.3, -0.25) is 4.79 Å². The minimum atomic E-state index is -0.978. The van der Waals surface area contributed by atoms with Gasteiger partial charge in [-0.2, -0.15) is 0 Å². The van der Waals surface area contributed by atoms with Gasteiger partial charge in [-0.15, -0.1) is 0 Å². The molecule has 0 amide bonds. The molecule has 1 aromatic heterocycles. The number of para-hydroxylation sites is 1. The van der Waals surface area contributed by atoms with Gasteiger partial charge in [-0.25, -0.2) is 0 Å². The Kier molecular flexibility index (Phi) is 6.01. The number of benzene rings is 1. The number of carboxylic acid groups (broad SMARTS) is 1. The minimum absolute atomic E-state index is 0.321. The molecule has 6 nitrogen and oxygen atoms in total. The average Bonchev–Trinajstić information content (AvgIpc) is 3.00. The van der Waals surface area contributed by atoms with Crippen molar-refractivity contribution in [2.45, 2.75) is 26.3 Å². The highest BCUT2D eigenvalue weighted by atomic mass is 16.5. The summed E-state index contributed by atoms with van der Waals surface area (Å²) in [6, 6.07) is 5.19. The molecule has 4 N–H and O–H groups in total. The van der Waals surface area contributed by atoms with Crippen molar-refractivity contribution in [3.05, 3.63) is 30.0 Å². The number of anilines is 1. The van der Waals surface area contributed by atoms with Crippen LogP contribution in [0.2, 0.25) is 0 Å². The third-order valence-corrected chi connectivity index (χ3v) is 3.89. The number of fused-ring (bicyclic) bond motifs is 1. The SMILES string of the molecule is CC.NC(Cc1c[nH]c2c(N3CCOCC3)cccc12)C(=O)O. The van der Waals surface area contributed by atoms with E-state index in [0.29, 0.717) is 6.42 Å². The number of hydrogen-bond donors (Lipinski definition) is 3. The maximum absolute atomic E-state index is 10.9. The molecule has 0 saturated carbocycles. The van der Waals surface area contributed by atoms with Crippen LogP contribution in [0.4, 0.5) is 5.69 Å². The molecule has 0 spiro atoms. The molecule has 0 radical (unpaired) electrons. The number of carbonyl (C=O) groups is 1. The van der Waals surface area contributed by atoms with Gasteiger partial charge in [0, 0.05) is 31.1 Å². The number of H-pyrrole nitrogens is 1. The van der Waals surface area contributed by atoms with Gasteiger partial charge >= 0.3 is 5.97 Å². The normalized spacial score (nSPS) is 15.9. The van der Waals surface area contributed by atoms with E-state index in [2.05, 4.69) is 16.0 Å². The van der Waals surface area contributed by atoms with E-state index in [1.165, 1.54) is 0 Å². The van der Waals surface area contributed by atoms with Crippen molar-refractivity contribution in [3.63, 3.8) is 0 Å². The fourth-order valence-electron chi connectivity index (χ4n) is 2.76. The van der Waals surface area contributed by atoms with Crippen molar-refractivity contribution >= 4 is 22.6 Å². The van der Waals surface area contributed by atoms with Gasteiger partial charge in [0.05, 0.1) is 24.4 Å². The Morgan fingerprint density at radius 2 is 2.09 bits per heavy atom. The van der Waals surface area contributed by atoms with Crippen molar-refractivity contribution in [1.82, 2.24) is 4.98 Å². The lowest BCUT2D eigenvalue weighted by atomic mass is 10.0. The molecule has 1 atom stereocenters. The van der Waals surface area contributed by atoms with Crippen LogP contribution in [0.5, 0.6) is 0 Å². The zero-order chi connectivity index (χ0) is 16.8. The molecule has 3 rings (SSSR count). The molecule has 0 bridgehead atoms. The Hall–Kier alpha value is -2.05. The summed E-state index contributed by atoms with van der Waals surface area (Å²) < 4.78 is 5.38. The van der Waals surface area contributed by atoms with E-state index in [9.17, 15) is 4.79 Å². The Bertz CT molecular complexity index is 648. The molecule has 1 saturated heterocycles. The number of nitrogens with one attached hydrogen (secondary N) is 1. The van der Waals surface area contributed by atoms with Crippen LogP contribution in [-0.2, 0) is 16.0 Å². The van der Waals surface area contributed by atoms with Crippen LogP contribution in [0.1, 0.15) is 19.4 Å². The molecule has 6 heteroatoms. The molecule has 1 aliphatic heterocycles. The fraction of sp³-hybridized carbons (Fsp3) is 0.471. The number of hydrogen-bond acceptors (Lipinski definition) is 4. The average molecular weight is 319 g/mol. The molecule has 2 heterocycles. The molecule has 1 fully saturated rings. The van der Waals surface area contributed by atoms with E-state index < -0.39 is 12.0 Å². The fourth-order valence-corrected chi connectivity index (χ4v) is 2.76. The Morgan fingerprint density at radius 3 is 2.74 bits per heavy atom. The summed E-state index contributed by atoms with van der Waals surface area (Å²) in [4.78, 5) is 16.5. The van der Waals surface area contributed by atoms with Crippen molar-refractivity contribution < 1.29 is 14.6 Å². The third kappa shape index (κ3) is 3.83. The van der Waals surface area contributed by atoms with Crippen molar-refractivity contribution in [1.29, 1.82) is 0 Å². The second-order valence-electron chi connectivity index (χ2n) is 5.26. The lowest BCUT2D eigenvalue weighted by Gasteiger charge is -2.29. The van der Waals surface area contributed by atoms with Crippen molar-refractivity contribution in [3.8, 4) is 0 Å². The first-order valence-corrected chi connectivity index (χ1v) is 8.07. The van der Waals surface area contributed by atoms with E-state index in [-0.39, 0.29) is 0 Å². The second kappa shape index (κ2) is 7.99. The zero-order valence-corrected chi connectivity index (χ0v) is 13.7. The number of aliphatic carboxylic acids is 1. The summed E-state index contributed by atoms with van der Waals surface area (Å²) in [7, 11) is 0. The molecule has 126 valence electrons. The summed E-state index contributed by atoms with van der Waals surface area (Å²) in [6.07, 6.45) is 2.18. The quantitative estimate of drug-likeness (QED) is 0.801. The molecular weight excluding hydrogens is 294 g/mol. The first-order valence-electron chi connectivity index (χ1n) is 8.07. The number of ether oxygens (including phenoxy) is 1. The smallest absolute Gasteiger partial charge is 0.320 e. The Labute approximate surface area is 136 Å². The summed E-state index contributed by atoms with van der Waals surface area (Å²) in [5.41, 5.74) is 8.74. The maximum Gasteiger partial charge on any atom is 0.320 e. The molecule has 1 aromatic carbocycles. The number of morpholine rings is 1. The predicted molar refractivity (Wildman–Crippen MR) is 92.0 cm³/mol. The van der Waals surface area contributed by atoms with E-state index in [0.717, 1.165) is 48.5 Å². The standard InChI is InChI=1S/C15H19N3O3.C2H6/c16-12(15(19)20)8-10-9-17-14-11(10)2-1-3-13(14)18-4-6-21-7-5-18;1-2/h1-3,9,12,17H,4-8,16H2,(H,19,20);1-2H3. The van der Waals surface area contributed by atoms with Gasteiger partial charge in [-0.1, -0.05) is 26.0 Å². The lowest BCUT2D eigenvalue weighted by Crippen LogP contribution is -2.36. The highest BCUT2D eigenvalue weighted by Gasteiger charge is 2.18. The highest BCUT2D eigenvalue weighted by Crippen LogP contribution is 2.29. The number of nitrogens with two attached hydrogens (primary N) is 1. The summed E-state index contributed by atoms with van der Waals surface area (Å²) in [5.74, 6) is -0.978. The van der Waals surface area contributed by atoms with Crippen LogP contribution in [0.25, 0.3) is 10.9 Å². The second-order valence-corrected chi connectivity index (χ2v) is 5.26. The zero-order valence-electron chi connectivity index (χ0n) is 13.7. The van der Waals surface area contributed by atoms with Gasteiger partial charge in [0.1, 0.15) is 6.04 Å². The summed E-state index contributed by atoms with van der Waals surface area (Å²) in [6.45, 7) is 7.19. The van der Waals surface area contributed by atoms with Crippen molar-refractivity contribution in [2.75, 3.05) is 31.2 Å². The van der Waals surface area contributed by atoms with Crippen LogP contribution in [0.3, 0.4) is 0 Å². The number of aromatic amines is 1. The van der Waals surface area contributed by atoms with E-state index in [1.54, 1.807) is 0 Å². The van der Waals surface area contributed by atoms with Crippen LogP contribution in [-0.4, -0.2) is 48.4 Å². The summed E-state index contributed by atoms with van der Waals surface area (Å²) >= 11 is 0. The molecule has 2 aromatic rings.